The van der Waals surface area contributed by atoms with Crippen molar-refractivity contribution in [3.05, 3.63) is 29.8 Å². The van der Waals surface area contributed by atoms with Crippen molar-refractivity contribution in [2.75, 3.05) is 25.0 Å². The number of anilines is 1. The van der Waals surface area contributed by atoms with Gasteiger partial charge in [0.1, 0.15) is 0 Å². The van der Waals surface area contributed by atoms with Crippen LogP contribution < -0.4 is 5.32 Å². The number of amides is 1. The van der Waals surface area contributed by atoms with Crippen LogP contribution in [-0.2, 0) is 0 Å². The van der Waals surface area contributed by atoms with Crippen LogP contribution in [0, 0.1) is 5.92 Å². The molecule has 0 spiro atoms. The molecule has 1 aliphatic heterocycles. The van der Waals surface area contributed by atoms with Crippen LogP contribution in [0.2, 0.25) is 0 Å². The second-order valence-electron chi connectivity index (χ2n) is 6.98. The zero-order chi connectivity index (χ0) is 16.1. The number of nitrogens with zero attached hydrogens (tertiary/aromatic N) is 1. The van der Waals surface area contributed by atoms with Crippen molar-refractivity contribution < 1.29 is 9.90 Å². The van der Waals surface area contributed by atoms with Gasteiger partial charge in [0, 0.05) is 25.3 Å². The SMILES string of the molecule is O=C(c1ccccc1NCC1CCCCC1)N1CCCC(O)C1. The van der Waals surface area contributed by atoms with Crippen molar-refractivity contribution in [2.24, 2.45) is 5.92 Å². The Kier molecular flexibility index (Phi) is 5.55. The summed E-state index contributed by atoms with van der Waals surface area (Å²) >= 11 is 0. The fourth-order valence-electron chi connectivity index (χ4n) is 3.78. The number of para-hydroxylation sites is 1. The van der Waals surface area contributed by atoms with Gasteiger partial charge in [-0.15, -0.1) is 0 Å². The molecule has 4 heteroatoms. The molecular formula is C19H28N2O2. The molecule has 1 atom stereocenters. The van der Waals surface area contributed by atoms with E-state index in [4.69, 9.17) is 0 Å². The number of aliphatic hydroxyl groups excluding tert-OH is 1. The largest absolute Gasteiger partial charge is 0.391 e. The van der Waals surface area contributed by atoms with E-state index in [0.717, 1.165) is 43.1 Å². The number of hydrogen-bond acceptors (Lipinski definition) is 3. The molecule has 126 valence electrons. The Hall–Kier alpha value is -1.55. The smallest absolute Gasteiger partial charge is 0.256 e. The lowest BCUT2D eigenvalue weighted by Gasteiger charge is -2.31. The number of rotatable bonds is 4. The maximum atomic E-state index is 12.8. The van der Waals surface area contributed by atoms with E-state index in [2.05, 4.69) is 5.32 Å². The van der Waals surface area contributed by atoms with Gasteiger partial charge in [0.05, 0.1) is 11.7 Å². The summed E-state index contributed by atoms with van der Waals surface area (Å²) in [5, 5.41) is 13.3. The van der Waals surface area contributed by atoms with E-state index in [1.54, 1.807) is 4.90 Å². The van der Waals surface area contributed by atoms with Crippen LogP contribution in [0.25, 0.3) is 0 Å². The van der Waals surface area contributed by atoms with Crippen LogP contribution in [0.1, 0.15) is 55.3 Å². The number of aliphatic hydroxyl groups is 1. The van der Waals surface area contributed by atoms with Crippen molar-refractivity contribution in [2.45, 2.75) is 51.0 Å². The monoisotopic (exact) mass is 316 g/mol. The quantitative estimate of drug-likeness (QED) is 0.896. The predicted octanol–water partition coefficient (Wildman–Crippen LogP) is 3.28. The highest BCUT2D eigenvalue weighted by Gasteiger charge is 2.24. The molecular weight excluding hydrogens is 288 g/mol. The van der Waals surface area contributed by atoms with Gasteiger partial charge in [0.15, 0.2) is 0 Å². The molecule has 2 N–H and O–H groups in total. The van der Waals surface area contributed by atoms with Gasteiger partial charge < -0.3 is 15.3 Å². The second-order valence-corrected chi connectivity index (χ2v) is 6.98. The molecule has 23 heavy (non-hydrogen) atoms. The Labute approximate surface area is 138 Å². The molecule has 3 rings (SSSR count). The summed E-state index contributed by atoms with van der Waals surface area (Å²) in [5.74, 6) is 0.763. The van der Waals surface area contributed by atoms with Crippen molar-refractivity contribution >= 4 is 11.6 Å². The van der Waals surface area contributed by atoms with Crippen LogP contribution in [0.3, 0.4) is 0 Å². The molecule has 1 aliphatic carbocycles. The average molecular weight is 316 g/mol. The minimum atomic E-state index is -0.380. The topological polar surface area (TPSA) is 52.6 Å². The minimum Gasteiger partial charge on any atom is -0.391 e. The normalized spacial score (nSPS) is 22.8. The Bertz CT molecular complexity index is 526. The molecule has 1 heterocycles. The molecule has 4 nitrogen and oxygen atoms in total. The maximum Gasteiger partial charge on any atom is 0.256 e. The van der Waals surface area contributed by atoms with Gasteiger partial charge in [0.25, 0.3) is 5.91 Å². The Morgan fingerprint density at radius 2 is 1.91 bits per heavy atom. The van der Waals surface area contributed by atoms with E-state index in [1.807, 2.05) is 24.3 Å². The lowest BCUT2D eigenvalue weighted by atomic mass is 9.89. The first kappa shape index (κ1) is 16.3. The molecule has 2 aliphatic rings. The molecule has 1 unspecified atom stereocenters. The second kappa shape index (κ2) is 7.82. The first-order valence-electron chi connectivity index (χ1n) is 9.04. The highest BCUT2D eigenvalue weighted by Crippen LogP contribution is 2.25. The van der Waals surface area contributed by atoms with Crippen LogP contribution >= 0.6 is 0 Å². The van der Waals surface area contributed by atoms with Gasteiger partial charge in [-0.05, 0) is 43.7 Å². The number of hydrogen-bond donors (Lipinski definition) is 2. The maximum absolute atomic E-state index is 12.8. The summed E-state index contributed by atoms with van der Waals surface area (Å²) in [6, 6.07) is 7.79. The highest BCUT2D eigenvalue weighted by atomic mass is 16.3. The Morgan fingerprint density at radius 3 is 2.70 bits per heavy atom. The van der Waals surface area contributed by atoms with E-state index in [-0.39, 0.29) is 12.0 Å². The fourth-order valence-corrected chi connectivity index (χ4v) is 3.78. The molecule has 0 radical (unpaired) electrons. The van der Waals surface area contributed by atoms with Crippen LogP contribution in [0.15, 0.2) is 24.3 Å². The number of carbonyl (C=O) groups is 1. The van der Waals surface area contributed by atoms with Gasteiger partial charge in [-0.2, -0.15) is 0 Å². The predicted molar refractivity (Wildman–Crippen MR) is 92.7 cm³/mol. The molecule has 1 saturated heterocycles. The zero-order valence-electron chi connectivity index (χ0n) is 13.8. The zero-order valence-corrected chi connectivity index (χ0v) is 13.8. The van der Waals surface area contributed by atoms with E-state index in [1.165, 1.54) is 32.1 Å². The number of carbonyl (C=O) groups excluding carboxylic acids is 1. The van der Waals surface area contributed by atoms with Crippen molar-refractivity contribution in [1.82, 2.24) is 4.90 Å². The lowest BCUT2D eigenvalue weighted by molar-refractivity contribution is 0.0474. The summed E-state index contributed by atoms with van der Waals surface area (Å²) in [4.78, 5) is 14.6. The van der Waals surface area contributed by atoms with Gasteiger partial charge in [-0.1, -0.05) is 31.4 Å². The van der Waals surface area contributed by atoms with E-state index >= 15 is 0 Å². The van der Waals surface area contributed by atoms with Crippen LogP contribution in [0.4, 0.5) is 5.69 Å². The molecule has 1 aromatic rings. The first-order chi connectivity index (χ1) is 11.2. The van der Waals surface area contributed by atoms with E-state index < -0.39 is 0 Å². The molecule has 1 aromatic carbocycles. The van der Waals surface area contributed by atoms with E-state index in [9.17, 15) is 9.90 Å². The fraction of sp³-hybridized carbons (Fsp3) is 0.632. The third kappa shape index (κ3) is 4.25. The van der Waals surface area contributed by atoms with Gasteiger partial charge in [-0.3, -0.25) is 4.79 Å². The number of likely N-dealkylation sites (tertiary alicyclic amines) is 1. The molecule has 2 fully saturated rings. The summed E-state index contributed by atoms with van der Waals surface area (Å²) in [6.07, 6.45) is 7.91. The molecule has 0 bridgehead atoms. The first-order valence-corrected chi connectivity index (χ1v) is 9.04. The molecule has 1 amide bonds. The lowest BCUT2D eigenvalue weighted by Crippen LogP contribution is -2.42. The standard InChI is InChI=1S/C19H28N2O2/c22-16-9-6-12-21(14-16)19(23)17-10-4-5-11-18(17)20-13-15-7-2-1-3-8-15/h4-5,10-11,15-16,20,22H,1-3,6-9,12-14H2. The Balaban J connectivity index is 1.65. The minimum absolute atomic E-state index is 0.0375. The van der Waals surface area contributed by atoms with Crippen molar-refractivity contribution in [1.29, 1.82) is 0 Å². The number of piperidine rings is 1. The van der Waals surface area contributed by atoms with Gasteiger partial charge in [-0.25, -0.2) is 0 Å². The van der Waals surface area contributed by atoms with Gasteiger partial charge in [0.2, 0.25) is 0 Å². The summed E-state index contributed by atoms with van der Waals surface area (Å²) < 4.78 is 0. The highest BCUT2D eigenvalue weighted by molar-refractivity contribution is 5.99. The summed E-state index contributed by atoms with van der Waals surface area (Å²) in [6.45, 7) is 2.15. The van der Waals surface area contributed by atoms with Gasteiger partial charge >= 0.3 is 0 Å². The summed E-state index contributed by atoms with van der Waals surface area (Å²) in [5.41, 5.74) is 1.67. The third-order valence-corrected chi connectivity index (χ3v) is 5.15. The van der Waals surface area contributed by atoms with Crippen molar-refractivity contribution in [3.8, 4) is 0 Å². The summed E-state index contributed by atoms with van der Waals surface area (Å²) in [7, 11) is 0. The average Bonchev–Trinajstić information content (AvgIpc) is 2.60. The number of benzene rings is 1. The number of β-amino-alcohol motifs (C(OH)–C–C–N with tert-alkyl or cyclic N) is 1. The number of nitrogens with one attached hydrogen (secondary N) is 1. The van der Waals surface area contributed by atoms with E-state index in [0.29, 0.717) is 6.54 Å². The molecule has 0 aromatic heterocycles. The van der Waals surface area contributed by atoms with Crippen molar-refractivity contribution in [3.63, 3.8) is 0 Å². The van der Waals surface area contributed by atoms with Crippen LogP contribution in [0.5, 0.6) is 0 Å². The van der Waals surface area contributed by atoms with Crippen LogP contribution in [-0.4, -0.2) is 41.7 Å². The molecule has 1 saturated carbocycles. The Morgan fingerprint density at radius 1 is 1.13 bits per heavy atom. The third-order valence-electron chi connectivity index (χ3n) is 5.15.